The zero-order valence-corrected chi connectivity index (χ0v) is 13.9. The maximum atomic E-state index is 12.1. The summed E-state index contributed by atoms with van der Waals surface area (Å²) in [6.45, 7) is 3.02. The SMILES string of the molecule is CC(CO)(NC(=O)NCc1cccc(Cn2cccn2)c1)C1CC1. The Hall–Kier alpha value is -2.34. The second kappa shape index (κ2) is 7.05. The van der Waals surface area contributed by atoms with Crippen molar-refractivity contribution in [3.63, 3.8) is 0 Å². The van der Waals surface area contributed by atoms with Crippen LogP contribution in [-0.2, 0) is 13.1 Å². The highest BCUT2D eigenvalue weighted by Gasteiger charge is 2.42. The van der Waals surface area contributed by atoms with Gasteiger partial charge < -0.3 is 15.7 Å². The van der Waals surface area contributed by atoms with Crippen LogP contribution in [0.1, 0.15) is 30.9 Å². The highest BCUT2D eigenvalue weighted by atomic mass is 16.3. The number of urea groups is 1. The van der Waals surface area contributed by atoms with E-state index >= 15 is 0 Å². The van der Waals surface area contributed by atoms with Crippen LogP contribution in [0.5, 0.6) is 0 Å². The molecule has 1 saturated carbocycles. The minimum atomic E-state index is -0.522. The Bertz CT molecular complexity index is 682. The number of aliphatic hydroxyl groups is 1. The third-order valence-corrected chi connectivity index (χ3v) is 4.55. The Labute approximate surface area is 141 Å². The lowest BCUT2D eigenvalue weighted by Crippen LogP contribution is -2.53. The monoisotopic (exact) mass is 328 g/mol. The first-order valence-electron chi connectivity index (χ1n) is 8.31. The molecule has 1 aromatic heterocycles. The number of aliphatic hydroxyl groups excluding tert-OH is 1. The fourth-order valence-electron chi connectivity index (χ4n) is 2.90. The van der Waals surface area contributed by atoms with Gasteiger partial charge >= 0.3 is 6.03 Å². The van der Waals surface area contributed by atoms with Gasteiger partial charge in [-0.25, -0.2) is 4.79 Å². The summed E-state index contributed by atoms with van der Waals surface area (Å²) in [4.78, 5) is 12.1. The highest BCUT2D eigenvalue weighted by molar-refractivity contribution is 5.74. The molecule has 3 N–H and O–H groups in total. The standard InChI is InChI=1S/C18H24N4O2/c1-18(13-23,16-6-7-16)21-17(24)19-11-14-4-2-5-15(10-14)12-22-9-3-8-20-22/h2-5,8-10,16,23H,6-7,11-13H2,1H3,(H2,19,21,24). The topological polar surface area (TPSA) is 79.2 Å². The molecule has 0 saturated heterocycles. The number of aromatic nitrogens is 2. The minimum Gasteiger partial charge on any atom is -0.394 e. The summed E-state index contributed by atoms with van der Waals surface area (Å²) in [5, 5.41) is 19.5. The molecule has 0 aliphatic heterocycles. The van der Waals surface area contributed by atoms with E-state index in [0.717, 1.165) is 24.0 Å². The molecule has 1 heterocycles. The molecule has 1 fully saturated rings. The van der Waals surface area contributed by atoms with Crippen LogP contribution in [0, 0.1) is 5.92 Å². The van der Waals surface area contributed by atoms with Gasteiger partial charge in [-0.1, -0.05) is 24.3 Å². The third-order valence-electron chi connectivity index (χ3n) is 4.55. The predicted molar refractivity (Wildman–Crippen MR) is 91.4 cm³/mol. The summed E-state index contributed by atoms with van der Waals surface area (Å²) in [6, 6.07) is 9.73. The van der Waals surface area contributed by atoms with E-state index in [1.54, 1.807) is 6.20 Å². The quantitative estimate of drug-likeness (QED) is 0.726. The number of nitrogens with zero attached hydrogens (tertiary/aromatic N) is 2. The van der Waals surface area contributed by atoms with Gasteiger partial charge in [-0.15, -0.1) is 0 Å². The highest BCUT2D eigenvalue weighted by Crippen LogP contribution is 2.39. The molecule has 1 atom stereocenters. The first-order chi connectivity index (χ1) is 11.6. The summed E-state index contributed by atoms with van der Waals surface area (Å²) in [6.07, 6.45) is 5.80. The number of carbonyl (C=O) groups excluding carboxylic acids is 1. The van der Waals surface area contributed by atoms with Gasteiger partial charge in [-0.05, 0) is 42.9 Å². The normalized spacial score (nSPS) is 16.4. The molecule has 0 radical (unpaired) electrons. The van der Waals surface area contributed by atoms with Gasteiger partial charge in [-0.2, -0.15) is 5.10 Å². The van der Waals surface area contributed by atoms with E-state index in [1.807, 2.05) is 42.1 Å². The van der Waals surface area contributed by atoms with Crippen LogP contribution in [0.25, 0.3) is 0 Å². The van der Waals surface area contributed by atoms with Crippen molar-refractivity contribution < 1.29 is 9.90 Å². The van der Waals surface area contributed by atoms with Gasteiger partial charge in [-0.3, -0.25) is 4.68 Å². The third kappa shape index (κ3) is 4.14. The van der Waals surface area contributed by atoms with Gasteiger partial charge in [0.25, 0.3) is 0 Å². The number of rotatable bonds is 7. The van der Waals surface area contributed by atoms with E-state index in [4.69, 9.17) is 0 Å². The Balaban J connectivity index is 1.53. The van der Waals surface area contributed by atoms with Crippen LogP contribution >= 0.6 is 0 Å². The maximum Gasteiger partial charge on any atom is 0.315 e. The van der Waals surface area contributed by atoms with Gasteiger partial charge in [0, 0.05) is 18.9 Å². The van der Waals surface area contributed by atoms with Crippen LogP contribution < -0.4 is 10.6 Å². The van der Waals surface area contributed by atoms with Crippen LogP contribution in [0.4, 0.5) is 4.79 Å². The summed E-state index contributed by atoms with van der Waals surface area (Å²) < 4.78 is 1.86. The van der Waals surface area contributed by atoms with E-state index in [0.29, 0.717) is 19.0 Å². The molecule has 128 valence electrons. The molecule has 1 unspecified atom stereocenters. The van der Waals surface area contributed by atoms with Gasteiger partial charge in [0.1, 0.15) is 0 Å². The number of nitrogens with one attached hydrogen (secondary N) is 2. The molecular weight excluding hydrogens is 304 g/mol. The zero-order valence-electron chi connectivity index (χ0n) is 13.9. The average Bonchev–Trinajstić information content (AvgIpc) is 3.33. The Morgan fingerprint density at radius 3 is 2.83 bits per heavy atom. The van der Waals surface area contributed by atoms with E-state index < -0.39 is 5.54 Å². The number of amides is 2. The van der Waals surface area contributed by atoms with Crippen LogP contribution in [0.2, 0.25) is 0 Å². The van der Waals surface area contributed by atoms with Crippen molar-refractivity contribution in [2.45, 2.75) is 38.4 Å². The molecule has 0 bridgehead atoms. The molecule has 2 aromatic rings. The molecule has 1 aliphatic rings. The van der Waals surface area contributed by atoms with Crippen LogP contribution in [-0.4, -0.2) is 33.1 Å². The first kappa shape index (κ1) is 16.5. The molecule has 1 aromatic carbocycles. The Kier molecular flexibility index (Phi) is 4.85. The van der Waals surface area contributed by atoms with Crippen LogP contribution in [0.3, 0.4) is 0 Å². The summed E-state index contributed by atoms with van der Waals surface area (Å²) in [7, 11) is 0. The summed E-state index contributed by atoms with van der Waals surface area (Å²) in [5.41, 5.74) is 1.65. The predicted octanol–water partition coefficient (Wildman–Crippen LogP) is 1.89. The zero-order chi connectivity index (χ0) is 17.0. The summed E-state index contributed by atoms with van der Waals surface area (Å²) >= 11 is 0. The van der Waals surface area contributed by atoms with Gasteiger partial charge in [0.2, 0.25) is 0 Å². The van der Waals surface area contributed by atoms with Crippen molar-refractivity contribution in [1.82, 2.24) is 20.4 Å². The second-order valence-electron chi connectivity index (χ2n) is 6.68. The van der Waals surface area contributed by atoms with Crippen molar-refractivity contribution in [1.29, 1.82) is 0 Å². The lowest BCUT2D eigenvalue weighted by Gasteiger charge is -2.28. The van der Waals surface area contributed by atoms with Gasteiger partial charge in [0.05, 0.1) is 18.7 Å². The van der Waals surface area contributed by atoms with Gasteiger partial charge in [0.15, 0.2) is 0 Å². The number of carbonyl (C=O) groups is 1. The fraction of sp³-hybridized carbons (Fsp3) is 0.444. The molecule has 6 heteroatoms. The van der Waals surface area contributed by atoms with E-state index in [9.17, 15) is 9.90 Å². The molecular formula is C18H24N4O2. The number of hydrogen-bond acceptors (Lipinski definition) is 3. The molecule has 6 nitrogen and oxygen atoms in total. The molecule has 0 spiro atoms. The minimum absolute atomic E-state index is 0.0373. The lowest BCUT2D eigenvalue weighted by atomic mass is 9.97. The summed E-state index contributed by atoms with van der Waals surface area (Å²) in [5.74, 6) is 0.380. The molecule has 24 heavy (non-hydrogen) atoms. The Morgan fingerprint density at radius 1 is 1.38 bits per heavy atom. The maximum absolute atomic E-state index is 12.1. The van der Waals surface area contributed by atoms with Crippen molar-refractivity contribution in [3.8, 4) is 0 Å². The average molecular weight is 328 g/mol. The lowest BCUT2D eigenvalue weighted by molar-refractivity contribution is 0.155. The van der Waals surface area contributed by atoms with Crippen molar-refractivity contribution >= 4 is 6.03 Å². The molecule has 1 aliphatic carbocycles. The van der Waals surface area contributed by atoms with E-state index in [-0.39, 0.29) is 12.6 Å². The Morgan fingerprint density at radius 2 is 2.17 bits per heavy atom. The molecule has 3 rings (SSSR count). The van der Waals surface area contributed by atoms with E-state index in [2.05, 4.69) is 21.8 Å². The smallest absolute Gasteiger partial charge is 0.315 e. The first-order valence-corrected chi connectivity index (χ1v) is 8.31. The van der Waals surface area contributed by atoms with Crippen LogP contribution in [0.15, 0.2) is 42.7 Å². The molecule has 2 amide bonds. The number of hydrogen-bond donors (Lipinski definition) is 3. The van der Waals surface area contributed by atoms with Crippen molar-refractivity contribution in [2.24, 2.45) is 5.92 Å². The van der Waals surface area contributed by atoms with Crippen molar-refractivity contribution in [2.75, 3.05) is 6.61 Å². The second-order valence-corrected chi connectivity index (χ2v) is 6.68. The van der Waals surface area contributed by atoms with E-state index in [1.165, 1.54) is 0 Å². The number of benzene rings is 1. The largest absolute Gasteiger partial charge is 0.394 e. The fourth-order valence-corrected chi connectivity index (χ4v) is 2.90. The van der Waals surface area contributed by atoms with Crippen molar-refractivity contribution in [3.05, 3.63) is 53.9 Å².